The zero-order valence-corrected chi connectivity index (χ0v) is 10.7. The molecule has 1 aliphatic carbocycles. The molecule has 1 rings (SSSR count). The fraction of sp³-hybridized carbons (Fsp3) is 0.917. The summed E-state index contributed by atoms with van der Waals surface area (Å²) in [5.74, 6) is 0.563. The van der Waals surface area contributed by atoms with E-state index >= 15 is 0 Å². The van der Waals surface area contributed by atoms with Crippen molar-refractivity contribution < 1.29 is 9.53 Å². The summed E-state index contributed by atoms with van der Waals surface area (Å²) in [6, 6.07) is 0. The number of amides is 1. The van der Waals surface area contributed by atoms with Crippen molar-refractivity contribution >= 4 is 5.91 Å². The molecule has 1 saturated carbocycles. The van der Waals surface area contributed by atoms with Crippen LogP contribution in [0.5, 0.6) is 0 Å². The van der Waals surface area contributed by atoms with Gasteiger partial charge in [0, 0.05) is 13.7 Å². The zero-order chi connectivity index (χ0) is 11.9. The summed E-state index contributed by atoms with van der Waals surface area (Å²) >= 11 is 0. The van der Waals surface area contributed by atoms with Crippen molar-refractivity contribution in [2.24, 2.45) is 5.92 Å². The Balaban J connectivity index is 0.000000921. The summed E-state index contributed by atoms with van der Waals surface area (Å²) < 4.78 is 5.26. The van der Waals surface area contributed by atoms with Gasteiger partial charge in [0.1, 0.15) is 5.60 Å². The van der Waals surface area contributed by atoms with Gasteiger partial charge in [-0.15, -0.1) is 0 Å². The summed E-state index contributed by atoms with van der Waals surface area (Å²) in [5, 5.41) is 2.91. The van der Waals surface area contributed by atoms with E-state index in [4.69, 9.17) is 4.74 Å². The van der Waals surface area contributed by atoms with Crippen molar-refractivity contribution in [3.63, 3.8) is 0 Å². The highest BCUT2D eigenvalue weighted by atomic mass is 16.5. The molecule has 3 nitrogen and oxygen atoms in total. The second-order valence-electron chi connectivity index (χ2n) is 4.16. The lowest BCUT2D eigenvalue weighted by Crippen LogP contribution is -2.53. The van der Waals surface area contributed by atoms with Crippen molar-refractivity contribution in [3.8, 4) is 0 Å². The highest BCUT2D eigenvalue weighted by molar-refractivity contribution is 5.86. The summed E-state index contributed by atoms with van der Waals surface area (Å²) in [4.78, 5) is 11.6. The largest absolute Gasteiger partial charge is 0.368 e. The summed E-state index contributed by atoms with van der Waals surface area (Å²) in [6.07, 6.45) is 2.84. The van der Waals surface area contributed by atoms with Gasteiger partial charge in [-0.1, -0.05) is 27.7 Å². The van der Waals surface area contributed by atoms with Crippen LogP contribution in [0.2, 0.25) is 0 Å². The second kappa shape index (κ2) is 6.83. The molecule has 0 aromatic heterocycles. The Kier molecular flexibility index (Phi) is 6.57. The Labute approximate surface area is 93.6 Å². The predicted octanol–water partition coefficient (Wildman–Crippen LogP) is 2.35. The van der Waals surface area contributed by atoms with Crippen molar-refractivity contribution in [1.82, 2.24) is 5.32 Å². The molecule has 1 N–H and O–H groups in total. The fourth-order valence-corrected chi connectivity index (χ4v) is 1.48. The number of carbonyl (C=O) groups excluding carboxylic acids is 1. The van der Waals surface area contributed by atoms with E-state index in [0.717, 1.165) is 25.8 Å². The second-order valence-corrected chi connectivity index (χ2v) is 4.16. The first-order valence-corrected chi connectivity index (χ1v) is 5.94. The van der Waals surface area contributed by atoms with E-state index in [1.165, 1.54) is 0 Å². The van der Waals surface area contributed by atoms with Crippen LogP contribution in [0, 0.1) is 5.92 Å². The van der Waals surface area contributed by atoms with Crippen LogP contribution in [0.4, 0.5) is 0 Å². The first kappa shape index (κ1) is 14.4. The minimum atomic E-state index is -0.491. The van der Waals surface area contributed by atoms with Gasteiger partial charge in [0.25, 0.3) is 5.91 Å². The van der Waals surface area contributed by atoms with Gasteiger partial charge in [-0.05, 0) is 25.2 Å². The normalized spacial score (nSPS) is 17.5. The Bertz CT molecular complexity index is 181. The average Bonchev–Trinajstić information content (AvgIpc) is 2.17. The zero-order valence-electron chi connectivity index (χ0n) is 10.7. The lowest BCUT2D eigenvalue weighted by atomic mass is 9.79. The maximum absolute atomic E-state index is 11.6. The van der Waals surface area contributed by atoms with Crippen LogP contribution in [-0.4, -0.2) is 25.2 Å². The molecule has 0 spiro atoms. The van der Waals surface area contributed by atoms with E-state index in [1.807, 2.05) is 13.8 Å². The van der Waals surface area contributed by atoms with Gasteiger partial charge >= 0.3 is 0 Å². The van der Waals surface area contributed by atoms with Crippen molar-refractivity contribution in [2.45, 2.75) is 52.6 Å². The molecule has 0 atom stereocenters. The van der Waals surface area contributed by atoms with E-state index in [9.17, 15) is 4.79 Å². The Hall–Kier alpha value is -0.570. The third-order valence-electron chi connectivity index (χ3n) is 2.64. The van der Waals surface area contributed by atoms with Crippen LogP contribution in [0.3, 0.4) is 0 Å². The first-order chi connectivity index (χ1) is 7.10. The van der Waals surface area contributed by atoms with Crippen LogP contribution in [0.25, 0.3) is 0 Å². The molecule has 0 saturated heterocycles. The molecule has 3 heteroatoms. The quantitative estimate of drug-likeness (QED) is 0.781. The summed E-state index contributed by atoms with van der Waals surface area (Å²) in [5.41, 5.74) is -0.491. The lowest BCUT2D eigenvalue weighted by molar-refractivity contribution is -0.154. The monoisotopic (exact) mass is 215 g/mol. The standard InChI is InChI=1S/C10H19NO2.C2H6/c1-8(2)7-11-9(12)10(13-3)5-4-6-10;1-2/h8H,4-7H2,1-3H3,(H,11,12);1-2H3. The number of hydrogen-bond donors (Lipinski definition) is 1. The molecule has 1 fully saturated rings. The fourth-order valence-electron chi connectivity index (χ4n) is 1.48. The maximum Gasteiger partial charge on any atom is 0.252 e. The molecule has 1 aliphatic rings. The molecule has 0 bridgehead atoms. The third-order valence-corrected chi connectivity index (χ3v) is 2.64. The van der Waals surface area contributed by atoms with E-state index < -0.39 is 5.60 Å². The van der Waals surface area contributed by atoms with E-state index in [1.54, 1.807) is 7.11 Å². The van der Waals surface area contributed by atoms with Crippen LogP contribution in [-0.2, 0) is 9.53 Å². The number of ether oxygens (including phenoxy) is 1. The van der Waals surface area contributed by atoms with Gasteiger partial charge in [0.2, 0.25) is 0 Å². The van der Waals surface area contributed by atoms with E-state index in [-0.39, 0.29) is 5.91 Å². The lowest BCUT2D eigenvalue weighted by Gasteiger charge is -2.38. The molecule has 0 aliphatic heterocycles. The molecule has 90 valence electrons. The van der Waals surface area contributed by atoms with E-state index in [0.29, 0.717) is 5.92 Å². The van der Waals surface area contributed by atoms with Gasteiger partial charge in [-0.25, -0.2) is 0 Å². The van der Waals surface area contributed by atoms with Gasteiger partial charge in [0.05, 0.1) is 0 Å². The van der Waals surface area contributed by atoms with Gasteiger partial charge in [-0.3, -0.25) is 4.79 Å². The van der Waals surface area contributed by atoms with Gasteiger partial charge < -0.3 is 10.1 Å². The van der Waals surface area contributed by atoms with Crippen molar-refractivity contribution in [2.75, 3.05) is 13.7 Å². The van der Waals surface area contributed by atoms with Crippen LogP contribution < -0.4 is 5.32 Å². The molecular formula is C12H25NO2. The molecule has 0 aromatic carbocycles. The van der Waals surface area contributed by atoms with E-state index in [2.05, 4.69) is 19.2 Å². The molecule has 0 heterocycles. The highest BCUT2D eigenvalue weighted by Gasteiger charge is 2.44. The molecule has 0 aromatic rings. The van der Waals surface area contributed by atoms with Crippen LogP contribution in [0.1, 0.15) is 47.0 Å². The Morgan fingerprint density at radius 1 is 1.40 bits per heavy atom. The van der Waals surface area contributed by atoms with Gasteiger partial charge in [0.15, 0.2) is 0 Å². The van der Waals surface area contributed by atoms with Gasteiger partial charge in [-0.2, -0.15) is 0 Å². The number of methoxy groups -OCH3 is 1. The first-order valence-electron chi connectivity index (χ1n) is 5.94. The summed E-state index contributed by atoms with van der Waals surface area (Å²) in [7, 11) is 1.62. The maximum atomic E-state index is 11.6. The predicted molar refractivity (Wildman–Crippen MR) is 62.8 cm³/mol. The molecule has 1 amide bonds. The minimum Gasteiger partial charge on any atom is -0.368 e. The number of rotatable bonds is 4. The minimum absolute atomic E-state index is 0.0648. The molecule has 15 heavy (non-hydrogen) atoms. The number of hydrogen-bond acceptors (Lipinski definition) is 2. The van der Waals surface area contributed by atoms with Crippen molar-refractivity contribution in [3.05, 3.63) is 0 Å². The molecular weight excluding hydrogens is 190 g/mol. The number of carbonyl (C=O) groups is 1. The Morgan fingerprint density at radius 3 is 2.20 bits per heavy atom. The SMILES string of the molecule is CC.COC1(C(=O)NCC(C)C)CCC1. The average molecular weight is 215 g/mol. The van der Waals surface area contributed by atoms with Crippen LogP contribution in [0.15, 0.2) is 0 Å². The third kappa shape index (κ3) is 3.82. The van der Waals surface area contributed by atoms with Crippen molar-refractivity contribution in [1.29, 1.82) is 0 Å². The molecule has 0 radical (unpaired) electrons. The topological polar surface area (TPSA) is 38.3 Å². The smallest absolute Gasteiger partial charge is 0.252 e. The Morgan fingerprint density at radius 2 is 1.93 bits per heavy atom. The van der Waals surface area contributed by atoms with Crippen LogP contribution >= 0.6 is 0 Å². The summed E-state index contributed by atoms with van der Waals surface area (Å²) in [6.45, 7) is 8.91. The molecule has 0 unspecified atom stereocenters. The number of nitrogens with one attached hydrogen (secondary N) is 1. The highest BCUT2D eigenvalue weighted by Crippen LogP contribution is 2.35.